The maximum atomic E-state index is 12.6. The van der Waals surface area contributed by atoms with Gasteiger partial charge in [0, 0.05) is 18.9 Å². The lowest BCUT2D eigenvalue weighted by Gasteiger charge is -2.13. The molecule has 0 heterocycles. The lowest BCUT2D eigenvalue weighted by atomic mass is 10.1. The van der Waals surface area contributed by atoms with Gasteiger partial charge in [0.15, 0.2) is 11.5 Å². The van der Waals surface area contributed by atoms with Gasteiger partial charge in [0.1, 0.15) is 12.2 Å². The summed E-state index contributed by atoms with van der Waals surface area (Å²) in [6.45, 7) is 0.454. The van der Waals surface area contributed by atoms with E-state index in [0.717, 1.165) is 6.07 Å². The van der Waals surface area contributed by atoms with Crippen LogP contribution in [-0.2, 0) is 4.74 Å². The number of anilines is 1. The van der Waals surface area contributed by atoms with E-state index >= 15 is 0 Å². The number of carbonyl (C=O) groups is 1. The van der Waals surface area contributed by atoms with Gasteiger partial charge in [0.05, 0.1) is 34.8 Å². The number of hydrogen-bond acceptors (Lipinski definition) is 6. The average Bonchev–Trinajstić information content (AvgIpc) is 2.64. The molecule has 0 aliphatic carbocycles. The molecule has 1 amide bonds. The SMILES string of the molecule is COCCOc1cc([N+](=O)[O-])c(C(=O)Nc2ccc(Cl)c(Cl)c2)cc1OC. The van der Waals surface area contributed by atoms with Crippen LogP contribution in [0.3, 0.4) is 0 Å². The molecule has 0 atom stereocenters. The minimum absolute atomic E-state index is 0.132. The lowest BCUT2D eigenvalue weighted by Crippen LogP contribution is -2.15. The van der Waals surface area contributed by atoms with Gasteiger partial charge in [0.25, 0.3) is 11.6 Å². The zero-order chi connectivity index (χ0) is 20.0. The number of rotatable bonds is 8. The molecule has 1 N–H and O–H groups in total. The summed E-state index contributed by atoms with van der Waals surface area (Å²) in [5.41, 5.74) is -0.286. The maximum Gasteiger partial charge on any atom is 0.286 e. The van der Waals surface area contributed by atoms with Crippen LogP contribution in [0.15, 0.2) is 30.3 Å². The van der Waals surface area contributed by atoms with E-state index in [1.165, 1.54) is 38.5 Å². The number of nitrogens with one attached hydrogen (secondary N) is 1. The highest BCUT2D eigenvalue weighted by Crippen LogP contribution is 2.35. The number of nitro groups is 1. The number of methoxy groups -OCH3 is 2. The van der Waals surface area contributed by atoms with Gasteiger partial charge >= 0.3 is 0 Å². The van der Waals surface area contributed by atoms with E-state index in [2.05, 4.69) is 5.32 Å². The fourth-order valence-corrected chi connectivity index (χ4v) is 2.46. The number of amides is 1. The third-order valence-corrected chi connectivity index (χ3v) is 4.18. The van der Waals surface area contributed by atoms with Crippen molar-refractivity contribution in [2.24, 2.45) is 0 Å². The summed E-state index contributed by atoms with van der Waals surface area (Å²) in [5, 5.41) is 14.5. The summed E-state index contributed by atoms with van der Waals surface area (Å²) in [5.74, 6) is -0.398. The van der Waals surface area contributed by atoms with Crippen molar-refractivity contribution in [2.45, 2.75) is 0 Å². The number of carbonyl (C=O) groups excluding carboxylic acids is 1. The van der Waals surface area contributed by atoms with Crippen LogP contribution < -0.4 is 14.8 Å². The standard InChI is InChI=1S/C17H16Cl2N2O6/c1-25-5-6-27-16-9-14(21(23)24)11(8-15(16)26-2)17(22)20-10-3-4-12(18)13(19)7-10/h3-4,7-9H,5-6H2,1-2H3,(H,20,22). The molecule has 27 heavy (non-hydrogen) atoms. The zero-order valence-electron chi connectivity index (χ0n) is 14.5. The van der Waals surface area contributed by atoms with E-state index in [0.29, 0.717) is 10.7 Å². The maximum absolute atomic E-state index is 12.6. The second-order valence-corrected chi connectivity index (χ2v) is 6.02. The number of nitrogens with zero attached hydrogens (tertiary/aromatic N) is 1. The van der Waals surface area contributed by atoms with Crippen molar-refractivity contribution in [3.63, 3.8) is 0 Å². The van der Waals surface area contributed by atoms with Gasteiger partial charge in [-0.2, -0.15) is 0 Å². The van der Waals surface area contributed by atoms with E-state index in [1.807, 2.05) is 0 Å². The van der Waals surface area contributed by atoms with E-state index in [4.69, 9.17) is 37.4 Å². The van der Waals surface area contributed by atoms with Crippen LogP contribution in [0.1, 0.15) is 10.4 Å². The van der Waals surface area contributed by atoms with Gasteiger partial charge in [-0.15, -0.1) is 0 Å². The van der Waals surface area contributed by atoms with Crippen LogP contribution in [0.5, 0.6) is 11.5 Å². The van der Waals surface area contributed by atoms with Crippen molar-refractivity contribution in [1.29, 1.82) is 0 Å². The smallest absolute Gasteiger partial charge is 0.286 e. The third-order valence-electron chi connectivity index (χ3n) is 3.45. The first-order valence-electron chi connectivity index (χ1n) is 7.62. The lowest BCUT2D eigenvalue weighted by molar-refractivity contribution is -0.385. The Kier molecular flexibility index (Phi) is 7.23. The first-order chi connectivity index (χ1) is 12.9. The number of halogens is 2. The summed E-state index contributed by atoms with van der Waals surface area (Å²) >= 11 is 11.8. The van der Waals surface area contributed by atoms with Crippen molar-refractivity contribution < 1.29 is 23.9 Å². The Morgan fingerprint density at radius 3 is 2.44 bits per heavy atom. The zero-order valence-corrected chi connectivity index (χ0v) is 16.0. The molecule has 0 aliphatic heterocycles. The van der Waals surface area contributed by atoms with Crippen molar-refractivity contribution in [3.8, 4) is 11.5 Å². The largest absolute Gasteiger partial charge is 0.493 e. The average molecular weight is 415 g/mol. The fourth-order valence-electron chi connectivity index (χ4n) is 2.16. The van der Waals surface area contributed by atoms with E-state index < -0.39 is 16.5 Å². The summed E-state index contributed by atoms with van der Waals surface area (Å²) in [4.78, 5) is 23.3. The number of nitro benzene ring substituents is 1. The molecule has 0 saturated carbocycles. The van der Waals surface area contributed by atoms with Crippen LogP contribution in [-0.4, -0.2) is 38.3 Å². The van der Waals surface area contributed by atoms with Gasteiger partial charge in [0.2, 0.25) is 0 Å². The molecule has 2 aromatic rings. The minimum atomic E-state index is -0.707. The van der Waals surface area contributed by atoms with Gasteiger partial charge in [-0.05, 0) is 18.2 Å². The first-order valence-corrected chi connectivity index (χ1v) is 8.37. The summed E-state index contributed by atoms with van der Waals surface area (Å²) in [7, 11) is 2.87. The Balaban J connectivity index is 2.36. The van der Waals surface area contributed by atoms with Crippen LogP contribution in [0.4, 0.5) is 11.4 Å². The van der Waals surface area contributed by atoms with Gasteiger partial charge in [-0.1, -0.05) is 23.2 Å². The highest BCUT2D eigenvalue weighted by Gasteiger charge is 2.25. The molecular formula is C17H16Cl2N2O6. The predicted octanol–water partition coefficient (Wildman–Crippen LogP) is 4.19. The van der Waals surface area contributed by atoms with Crippen LogP contribution in [0, 0.1) is 10.1 Å². The van der Waals surface area contributed by atoms with Gasteiger partial charge in [-0.3, -0.25) is 14.9 Å². The summed E-state index contributed by atoms with van der Waals surface area (Å²) in [6, 6.07) is 6.84. The van der Waals surface area contributed by atoms with E-state index in [9.17, 15) is 14.9 Å². The molecule has 0 aromatic heterocycles. The first kappa shape index (κ1) is 20.8. The molecule has 10 heteroatoms. The summed E-state index contributed by atoms with van der Waals surface area (Å²) in [6.07, 6.45) is 0. The fraction of sp³-hybridized carbons (Fsp3) is 0.235. The molecule has 0 aliphatic rings. The number of ether oxygens (including phenoxy) is 3. The van der Waals surface area contributed by atoms with E-state index in [-0.39, 0.29) is 35.3 Å². The second kappa shape index (κ2) is 9.40. The monoisotopic (exact) mass is 414 g/mol. The minimum Gasteiger partial charge on any atom is -0.493 e. The highest BCUT2D eigenvalue weighted by molar-refractivity contribution is 6.42. The third kappa shape index (κ3) is 5.22. The Hall–Kier alpha value is -2.55. The Morgan fingerprint density at radius 1 is 1.11 bits per heavy atom. The van der Waals surface area contributed by atoms with Crippen molar-refractivity contribution in [2.75, 3.05) is 32.8 Å². The predicted molar refractivity (Wildman–Crippen MR) is 101 cm³/mol. The van der Waals surface area contributed by atoms with Crippen LogP contribution >= 0.6 is 23.2 Å². The van der Waals surface area contributed by atoms with Crippen LogP contribution in [0.2, 0.25) is 10.0 Å². The van der Waals surface area contributed by atoms with E-state index in [1.54, 1.807) is 0 Å². The molecule has 0 spiro atoms. The molecule has 144 valence electrons. The van der Waals surface area contributed by atoms with Gasteiger partial charge in [-0.25, -0.2) is 0 Å². The molecule has 0 radical (unpaired) electrons. The molecule has 0 bridgehead atoms. The molecule has 2 aromatic carbocycles. The molecule has 2 rings (SSSR count). The Labute approximate surface area is 165 Å². The molecule has 0 fully saturated rings. The Bertz CT molecular complexity index is 860. The topological polar surface area (TPSA) is 99.9 Å². The van der Waals surface area contributed by atoms with Crippen molar-refractivity contribution in [3.05, 3.63) is 56.1 Å². The quantitative estimate of drug-likeness (QED) is 0.394. The van der Waals surface area contributed by atoms with Crippen LogP contribution in [0.25, 0.3) is 0 Å². The molecule has 0 unspecified atom stereocenters. The molecule has 0 saturated heterocycles. The van der Waals surface area contributed by atoms with Gasteiger partial charge < -0.3 is 19.5 Å². The van der Waals surface area contributed by atoms with Crippen molar-refractivity contribution >= 4 is 40.5 Å². The number of benzene rings is 2. The molecular weight excluding hydrogens is 399 g/mol. The normalized spacial score (nSPS) is 10.4. The number of hydrogen-bond donors (Lipinski definition) is 1. The Morgan fingerprint density at radius 2 is 1.85 bits per heavy atom. The molecule has 8 nitrogen and oxygen atoms in total. The van der Waals surface area contributed by atoms with Crippen molar-refractivity contribution in [1.82, 2.24) is 0 Å². The summed E-state index contributed by atoms with van der Waals surface area (Å²) < 4.78 is 15.5. The second-order valence-electron chi connectivity index (χ2n) is 5.20. The highest BCUT2D eigenvalue weighted by atomic mass is 35.5.